The lowest BCUT2D eigenvalue weighted by Gasteiger charge is -2.22. The summed E-state index contributed by atoms with van der Waals surface area (Å²) in [4.78, 5) is 0. The Morgan fingerprint density at radius 2 is 1.84 bits per heavy atom. The summed E-state index contributed by atoms with van der Waals surface area (Å²) in [5.74, 6) is 0.684. The molecule has 0 radical (unpaired) electrons. The molecule has 0 bridgehead atoms. The van der Waals surface area contributed by atoms with Crippen LogP contribution in [0.1, 0.15) is 49.9 Å². The molecule has 0 saturated carbocycles. The van der Waals surface area contributed by atoms with Gasteiger partial charge in [0.05, 0.1) is 18.8 Å². The minimum Gasteiger partial charge on any atom is -0.377 e. The van der Waals surface area contributed by atoms with Crippen molar-refractivity contribution in [1.82, 2.24) is 5.32 Å². The van der Waals surface area contributed by atoms with Crippen LogP contribution in [0.2, 0.25) is 0 Å². The summed E-state index contributed by atoms with van der Waals surface area (Å²) < 4.78 is 5.98. The van der Waals surface area contributed by atoms with Crippen LogP contribution < -0.4 is 5.32 Å². The highest BCUT2D eigenvalue weighted by Gasteiger charge is 2.14. The zero-order valence-electron chi connectivity index (χ0n) is 13.3. The second kappa shape index (κ2) is 7.66. The van der Waals surface area contributed by atoms with Crippen LogP contribution in [0, 0.1) is 19.8 Å². The van der Waals surface area contributed by atoms with Crippen LogP contribution in [0.5, 0.6) is 0 Å². The van der Waals surface area contributed by atoms with Gasteiger partial charge in [-0.05, 0) is 51.3 Å². The summed E-state index contributed by atoms with van der Waals surface area (Å²) in [5, 5.41) is 3.36. The Balaban J connectivity index is 2.63. The van der Waals surface area contributed by atoms with Crippen LogP contribution in [0.25, 0.3) is 0 Å². The molecule has 0 aliphatic carbocycles. The molecule has 1 aromatic rings. The lowest BCUT2D eigenvalue weighted by atomic mass is 9.99. The van der Waals surface area contributed by atoms with Crippen LogP contribution in [0.3, 0.4) is 0 Å². The summed E-state index contributed by atoms with van der Waals surface area (Å²) >= 11 is 0. The molecule has 0 spiro atoms. The summed E-state index contributed by atoms with van der Waals surface area (Å²) in [6, 6.07) is 6.89. The predicted octanol–water partition coefficient (Wildman–Crippen LogP) is 4.02. The Bertz CT molecular complexity index is 387. The van der Waals surface area contributed by atoms with E-state index >= 15 is 0 Å². The van der Waals surface area contributed by atoms with Crippen LogP contribution in [0.4, 0.5) is 0 Å². The van der Waals surface area contributed by atoms with Gasteiger partial charge in [-0.3, -0.25) is 0 Å². The smallest absolute Gasteiger partial charge is 0.0665 e. The van der Waals surface area contributed by atoms with E-state index in [1.807, 2.05) is 7.05 Å². The van der Waals surface area contributed by atoms with E-state index in [1.54, 1.807) is 0 Å². The fourth-order valence-corrected chi connectivity index (χ4v) is 2.54. The van der Waals surface area contributed by atoms with E-state index in [0.29, 0.717) is 12.0 Å². The van der Waals surface area contributed by atoms with Gasteiger partial charge >= 0.3 is 0 Å². The van der Waals surface area contributed by atoms with Crippen LogP contribution >= 0.6 is 0 Å². The molecule has 0 amide bonds. The molecule has 108 valence electrons. The van der Waals surface area contributed by atoms with Gasteiger partial charge in [0, 0.05) is 0 Å². The van der Waals surface area contributed by atoms with Crippen molar-refractivity contribution >= 4 is 0 Å². The number of benzene rings is 1. The van der Waals surface area contributed by atoms with Gasteiger partial charge < -0.3 is 10.1 Å². The lowest BCUT2D eigenvalue weighted by molar-refractivity contribution is 0.0382. The van der Waals surface area contributed by atoms with Crippen LogP contribution in [0.15, 0.2) is 18.2 Å². The molecule has 2 unspecified atom stereocenters. The van der Waals surface area contributed by atoms with Gasteiger partial charge in [-0.1, -0.05) is 37.6 Å². The maximum atomic E-state index is 5.98. The lowest BCUT2D eigenvalue weighted by Crippen LogP contribution is -2.25. The molecule has 2 atom stereocenters. The standard InChI is InChI=1S/C17H29NO/c1-12(2)9-15(5)19-11-17(18-6)16-8-7-13(3)10-14(16)4/h7-8,10,12,15,17-18H,9,11H2,1-6H3. The van der Waals surface area contributed by atoms with Crippen molar-refractivity contribution in [2.45, 2.75) is 53.2 Å². The number of likely N-dealkylation sites (N-methyl/N-ethyl adjacent to an activating group) is 1. The molecule has 0 saturated heterocycles. The summed E-state index contributed by atoms with van der Waals surface area (Å²) in [5.41, 5.74) is 3.98. The van der Waals surface area contributed by atoms with Gasteiger partial charge in [-0.15, -0.1) is 0 Å². The third-order valence-corrected chi connectivity index (χ3v) is 3.50. The average Bonchev–Trinajstić information content (AvgIpc) is 2.31. The fraction of sp³-hybridized carbons (Fsp3) is 0.647. The summed E-state index contributed by atoms with van der Waals surface area (Å²) in [6.07, 6.45) is 1.44. The molecule has 0 fully saturated rings. The average molecular weight is 263 g/mol. The Labute approximate surface area is 118 Å². The van der Waals surface area contributed by atoms with Gasteiger partial charge in [-0.2, -0.15) is 0 Å². The molecule has 1 aromatic carbocycles. The Morgan fingerprint density at radius 3 is 2.37 bits per heavy atom. The minimum atomic E-state index is 0.273. The van der Waals surface area contributed by atoms with Crippen LogP contribution in [-0.4, -0.2) is 19.8 Å². The Morgan fingerprint density at radius 1 is 1.16 bits per heavy atom. The normalized spacial score (nSPS) is 14.7. The molecule has 2 nitrogen and oxygen atoms in total. The van der Waals surface area contributed by atoms with E-state index in [2.05, 4.69) is 58.1 Å². The molecule has 2 heteroatoms. The molecule has 0 aliphatic heterocycles. The SMILES string of the molecule is CNC(COC(C)CC(C)C)c1ccc(C)cc1C. The molecule has 0 aliphatic rings. The molecule has 0 aromatic heterocycles. The fourth-order valence-electron chi connectivity index (χ4n) is 2.54. The first kappa shape index (κ1) is 16.2. The van der Waals surface area contributed by atoms with Crippen molar-refractivity contribution in [3.05, 3.63) is 34.9 Å². The van der Waals surface area contributed by atoms with Crippen molar-refractivity contribution in [2.24, 2.45) is 5.92 Å². The van der Waals surface area contributed by atoms with E-state index in [0.717, 1.165) is 13.0 Å². The topological polar surface area (TPSA) is 21.3 Å². The van der Waals surface area contributed by atoms with Crippen molar-refractivity contribution in [2.75, 3.05) is 13.7 Å². The first-order valence-electron chi connectivity index (χ1n) is 7.30. The Hall–Kier alpha value is -0.860. The van der Waals surface area contributed by atoms with E-state index in [-0.39, 0.29) is 6.04 Å². The highest BCUT2D eigenvalue weighted by molar-refractivity contribution is 5.32. The van der Waals surface area contributed by atoms with Crippen molar-refractivity contribution in [3.63, 3.8) is 0 Å². The molecule has 1 rings (SSSR count). The van der Waals surface area contributed by atoms with Crippen LogP contribution in [-0.2, 0) is 4.74 Å². The number of rotatable bonds is 7. The van der Waals surface area contributed by atoms with Crippen molar-refractivity contribution in [1.29, 1.82) is 0 Å². The van der Waals surface area contributed by atoms with E-state index in [4.69, 9.17) is 4.74 Å². The monoisotopic (exact) mass is 263 g/mol. The molecule has 19 heavy (non-hydrogen) atoms. The minimum absolute atomic E-state index is 0.273. The van der Waals surface area contributed by atoms with Gasteiger partial charge in [-0.25, -0.2) is 0 Å². The first-order chi connectivity index (χ1) is 8.93. The maximum absolute atomic E-state index is 5.98. The zero-order valence-corrected chi connectivity index (χ0v) is 13.3. The maximum Gasteiger partial charge on any atom is 0.0665 e. The largest absolute Gasteiger partial charge is 0.377 e. The van der Waals surface area contributed by atoms with E-state index in [1.165, 1.54) is 16.7 Å². The third-order valence-electron chi connectivity index (χ3n) is 3.50. The summed E-state index contributed by atoms with van der Waals surface area (Å²) in [6.45, 7) is 11.7. The predicted molar refractivity (Wildman–Crippen MR) is 82.6 cm³/mol. The molecule has 0 heterocycles. The third kappa shape index (κ3) is 5.33. The van der Waals surface area contributed by atoms with Gasteiger partial charge in [0.15, 0.2) is 0 Å². The number of hydrogen-bond donors (Lipinski definition) is 1. The van der Waals surface area contributed by atoms with Gasteiger partial charge in [0.2, 0.25) is 0 Å². The quantitative estimate of drug-likeness (QED) is 0.802. The second-order valence-electron chi connectivity index (χ2n) is 5.97. The number of aryl methyl sites for hydroxylation is 2. The Kier molecular flexibility index (Phi) is 6.53. The zero-order chi connectivity index (χ0) is 14.4. The van der Waals surface area contributed by atoms with E-state index < -0.39 is 0 Å². The number of hydrogen-bond acceptors (Lipinski definition) is 2. The van der Waals surface area contributed by atoms with Crippen molar-refractivity contribution < 1.29 is 4.74 Å². The highest BCUT2D eigenvalue weighted by Crippen LogP contribution is 2.20. The van der Waals surface area contributed by atoms with Gasteiger partial charge in [0.25, 0.3) is 0 Å². The second-order valence-corrected chi connectivity index (χ2v) is 5.97. The first-order valence-corrected chi connectivity index (χ1v) is 7.30. The molecular weight excluding hydrogens is 234 g/mol. The number of nitrogens with one attached hydrogen (secondary N) is 1. The number of ether oxygens (including phenoxy) is 1. The van der Waals surface area contributed by atoms with Gasteiger partial charge in [0.1, 0.15) is 0 Å². The van der Waals surface area contributed by atoms with Crippen molar-refractivity contribution in [3.8, 4) is 0 Å². The molecule has 1 N–H and O–H groups in total. The highest BCUT2D eigenvalue weighted by atomic mass is 16.5. The van der Waals surface area contributed by atoms with E-state index in [9.17, 15) is 0 Å². The summed E-state index contributed by atoms with van der Waals surface area (Å²) in [7, 11) is 2.00. The molecular formula is C17H29NO.